The molecule has 1 rings (SSSR count). The molecule has 0 saturated carbocycles. The number of rotatable bonds is 10. The first-order valence-electron chi connectivity index (χ1n) is 8.08. The minimum atomic E-state index is 0.484. The zero-order valence-electron chi connectivity index (χ0n) is 12.2. The second-order valence-electron chi connectivity index (χ2n) is 5.74. The summed E-state index contributed by atoms with van der Waals surface area (Å²) in [5.74, 6) is 0.484. The maximum atomic E-state index is 11.7. The minimum absolute atomic E-state index is 0.484. The van der Waals surface area contributed by atoms with E-state index in [9.17, 15) is 4.79 Å². The summed E-state index contributed by atoms with van der Waals surface area (Å²) in [5.41, 5.74) is 0. The van der Waals surface area contributed by atoms with Crippen LogP contribution in [0.2, 0.25) is 0 Å². The Balaban J connectivity index is 1.90. The Kier molecular flexibility index (Phi) is 9.19. The molecule has 1 saturated heterocycles. The lowest BCUT2D eigenvalue weighted by Crippen LogP contribution is -2.34. The van der Waals surface area contributed by atoms with Crippen LogP contribution in [0, 0.1) is 0 Å². The average molecular weight is 253 g/mol. The standard InChI is InChI=1S/C16H31NO/c1-2-3-4-5-6-7-11-16(18)13-12-15-10-8-9-14-17-15/h15,17H,2-14H2,1H3. The van der Waals surface area contributed by atoms with Crippen molar-refractivity contribution >= 4 is 5.78 Å². The maximum Gasteiger partial charge on any atom is 0.132 e. The lowest BCUT2D eigenvalue weighted by Gasteiger charge is -2.22. The van der Waals surface area contributed by atoms with Crippen LogP contribution in [-0.2, 0) is 4.79 Å². The summed E-state index contributed by atoms with van der Waals surface area (Å²) in [6.45, 7) is 3.39. The van der Waals surface area contributed by atoms with E-state index in [-0.39, 0.29) is 0 Å². The monoisotopic (exact) mass is 253 g/mol. The summed E-state index contributed by atoms with van der Waals surface area (Å²) in [7, 11) is 0. The predicted molar refractivity (Wildman–Crippen MR) is 77.9 cm³/mol. The lowest BCUT2D eigenvalue weighted by molar-refractivity contribution is -0.119. The molecule has 0 bridgehead atoms. The highest BCUT2D eigenvalue weighted by Crippen LogP contribution is 2.14. The average Bonchev–Trinajstić information content (AvgIpc) is 2.41. The van der Waals surface area contributed by atoms with Crippen molar-refractivity contribution in [2.24, 2.45) is 0 Å². The molecule has 18 heavy (non-hydrogen) atoms. The van der Waals surface area contributed by atoms with Crippen LogP contribution in [0.3, 0.4) is 0 Å². The molecule has 0 aromatic rings. The van der Waals surface area contributed by atoms with Gasteiger partial charge < -0.3 is 5.32 Å². The number of unbranched alkanes of at least 4 members (excludes halogenated alkanes) is 5. The van der Waals surface area contributed by atoms with Crippen molar-refractivity contribution in [1.29, 1.82) is 0 Å². The second-order valence-corrected chi connectivity index (χ2v) is 5.74. The van der Waals surface area contributed by atoms with Crippen LogP contribution in [0.1, 0.15) is 84.0 Å². The van der Waals surface area contributed by atoms with Gasteiger partial charge >= 0.3 is 0 Å². The molecule has 1 fully saturated rings. The van der Waals surface area contributed by atoms with Crippen molar-refractivity contribution in [1.82, 2.24) is 5.32 Å². The van der Waals surface area contributed by atoms with Crippen LogP contribution in [0.5, 0.6) is 0 Å². The Morgan fingerprint density at radius 1 is 1.06 bits per heavy atom. The zero-order valence-corrected chi connectivity index (χ0v) is 12.2. The number of Topliss-reactive ketones (excluding diaryl/α,β-unsaturated/α-hetero) is 1. The molecule has 0 aliphatic carbocycles. The summed E-state index contributed by atoms with van der Waals surface area (Å²) < 4.78 is 0. The molecular weight excluding hydrogens is 222 g/mol. The molecule has 0 amide bonds. The van der Waals surface area contributed by atoms with E-state index in [2.05, 4.69) is 12.2 Å². The molecule has 1 atom stereocenters. The van der Waals surface area contributed by atoms with Gasteiger partial charge in [-0.2, -0.15) is 0 Å². The third kappa shape index (κ3) is 7.86. The van der Waals surface area contributed by atoms with Crippen LogP contribution in [-0.4, -0.2) is 18.4 Å². The number of carbonyl (C=O) groups is 1. The van der Waals surface area contributed by atoms with Crippen molar-refractivity contribution in [3.05, 3.63) is 0 Å². The smallest absolute Gasteiger partial charge is 0.132 e. The molecule has 1 heterocycles. The number of ketones is 1. The summed E-state index contributed by atoms with van der Waals surface area (Å²) in [4.78, 5) is 11.7. The Hall–Kier alpha value is -0.370. The predicted octanol–water partition coefficient (Wildman–Crippen LogP) is 4.23. The number of carbonyl (C=O) groups excluding carboxylic acids is 1. The molecule has 1 N–H and O–H groups in total. The fourth-order valence-electron chi connectivity index (χ4n) is 2.73. The second kappa shape index (κ2) is 10.5. The van der Waals surface area contributed by atoms with Crippen molar-refractivity contribution in [3.63, 3.8) is 0 Å². The van der Waals surface area contributed by atoms with Gasteiger partial charge in [-0.3, -0.25) is 4.79 Å². The molecule has 1 aliphatic rings. The van der Waals surface area contributed by atoms with E-state index in [1.54, 1.807) is 0 Å². The van der Waals surface area contributed by atoms with Crippen LogP contribution in [0.15, 0.2) is 0 Å². The highest BCUT2D eigenvalue weighted by Gasteiger charge is 2.13. The molecule has 0 spiro atoms. The van der Waals surface area contributed by atoms with Gasteiger partial charge in [0.05, 0.1) is 0 Å². The highest BCUT2D eigenvalue weighted by atomic mass is 16.1. The zero-order chi connectivity index (χ0) is 13.1. The number of piperidine rings is 1. The molecule has 0 aromatic heterocycles. The summed E-state index contributed by atoms with van der Waals surface area (Å²) in [5, 5.41) is 3.51. The van der Waals surface area contributed by atoms with Crippen LogP contribution in [0.25, 0.3) is 0 Å². The molecule has 2 heteroatoms. The summed E-state index contributed by atoms with van der Waals surface area (Å²) in [6, 6.07) is 0.618. The Bertz CT molecular complexity index is 209. The third-order valence-corrected chi connectivity index (χ3v) is 3.99. The van der Waals surface area contributed by atoms with Crippen molar-refractivity contribution < 1.29 is 4.79 Å². The number of hydrogen-bond acceptors (Lipinski definition) is 2. The topological polar surface area (TPSA) is 29.1 Å². The molecular formula is C16H31NO. The molecule has 0 aromatic carbocycles. The highest BCUT2D eigenvalue weighted by molar-refractivity contribution is 5.78. The minimum Gasteiger partial charge on any atom is -0.314 e. The largest absolute Gasteiger partial charge is 0.314 e. The molecule has 2 nitrogen and oxygen atoms in total. The van der Waals surface area contributed by atoms with Crippen molar-refractivity contribution in [2.45, 2.75) is 90.0 Å². The number of hydrogen-bond donors (Lipinski definition) is 1. The van der Waals surface area contributed by atoms with Crippen LogP contribution < -0.4 is 5.32 Å². The molecule has 1 aliphatic heterocycles. The van der Waals surface area contributed by atoms with Gasteiger partial charge in [-0.25, -0.2) is 0 Å². The Labute approximate surface area is 113 Å². The summed E-state index contributed by atoms with van der Waals surface area (Å²) >= 11 is 0. The van der Waals surface area contributed by atoms with Crippen LogP contribution in [0.4, 0.5) is 0 Å². The van der Waals surface area contributed by atoms with Gasteiger partial charge in [0.1, 0.15) is 5.78 Å². The normalized spacial score (nSPS) is 19.9. The first-order chi connectivity index (χ1) is 8.83. The van der Waals surface area contributed by atoms with Crippen molar-refractivity contribution in [2.75, 3.05) is 6.54 Å². The summed E-state index contributed by atoms with van der Waals surface area (Å²) in [6.07, 6.45) is 14.3. The van der Waals surface area contributed by atoms with E-state index in [4.69, 9.17) is 0 Å². The van der Waals surface area contributed by atoms with E-state index < -0.39 is 0 Å². The first-order valence-corrected chi connectivity index (χ1v) is 8.08. The molecule has 1 unspecified atom stereocenters. The van der Waals surface area contributed by atoms with Gasteiger partial charge in [-0.05, 0) is 32.2 Å². The fraction of sp³-hybridized carbons (Fsp3) is 0.938. The Morgan fingerprint density at radius 2 is 1.83 bits per heavy atom. The third-order valence-electron chi connectivity index (χ3n) is 3.99. The van der Waals surface area contributed by atoms with Gasteiger partial charge in [0, 0.05) is 18.9 Å². The number of nitrogens with one attached hydrogen (secondary N) is 1. The Morgan fingerprint density at radius 3 is 2.56 bits per heavy atom. The van der Waals surface area contributed by atoms with Gasteiger partial charge in [0.25, 0.3) is 0 Å². The molecule has 106 valence electrons. The van der Waals surface area contributed by atoms with Crippen molar-refractivity contribution in [3.8, 4) is 0 Å². The lowest BCUT2D eigenvalue weighted by atomic mass is 9.98. The maximum absolute atomic E-state index is 11.7. The van der Waals surface area contributed by atoms with Gasteiger partial charge in [0.2, 0.25) is 0 Å². The van der Waals surface area contributed by atoms with Gasteiger partial charge in [0.15, 0.2) is 0 Å². The van der Waals surface area contributed by atoms with E-state index in [1.807, 2.05) is 0 Å². The molecule has 0 radical (unpaired) electrons. The van der Waals surface area contributed by atoms with E-state index in [0.29, 0.717) is 11.8 Å². The van der Waals surface area contributed by atoms with E-state index in [0.717, 1.165) is 32.2 Å². The van der Waals surface area contributed by atoms with E-state index >= 15 is 0 Å². The first kappa shape index (κ1) is 15.7. The van der Waals surface area contributed by atoms with Gasteiger partial charge in [-0.15, -0.1) is 0 Å². The van der Waals surface area contributed by atoms with Gasteiger partial charge in [-0.1, -0.05) is 45.4 Å². The van der Waals surface area contributed by atoms with E-state index in [1.165, 1.54) is 51.4 Å². The van der Waals surface area contributed by atoms with Crippen LogP contribution >= 0.6 is 0 Å². The SMILES string of the molecule is CCCCCCCCC(=O)CCC1CCCCN1. The quantitative estimate of drug-likeness (QED) is 0.590. The fourth-order valence-corrected chi connectivity index (χ4v) is 2.73.